The van der Waals surface area contributed by atoms with Gasteiger partial charge in [-0.15, -0.1) is 0 Å². The molecule has 0 aromatic heterocycles. The van der Waals surface area contributed by atoms with Crippen LogP contribution in [0.4, 0.5) is 0 Å². The second-order valence-electron chi connectivity index (χ2n) is 5.65. The number of carbonyl (C=O) groups is 3. The third-order valence-electron chi connectivity index (χ3n) is 4.00. The first-order chi connectivity index (χ1) is 9.63. The fourth-order valence-corrected chi connectivity index (χ4v) is 2.29. The molecule has 0 fully saturated rings. The Morgan fingerprint density at radius 3 is 2.14 bits per heavy atom. The van der Waals surface area contributed by atoms with Crippen molar-refractivity contribution < 1.29 is 19.5 Å². The highest BCUT2D eigenvalue weighted by Gasteiger charge is 2.33. The largest absolute Gasteiger partial charge is 0.380 e. The molecule has 1 aliphatic rings. The smallest absolute Gasteiger partial charge is 0.251 e. The predicted molar refractivity (Wildman–Crippen MR) is 79.6 cm³/mol. The first-order valence-corrected chi connectivity index (χ1v) is 7.10. The maximum Gasteiger partial charge on any atom is 0.251 e. The Labute approximate surface area is 125 Å². The summed E-state index contributed by atoms with van der Waals surface area (Å²) in [6.45, 7) is 8.49. The average molecular weight is 293 g/mol. The lowest BCUT2D eigenvalue weighted by atomic mass is 9.82. The van der Waals surface area contributed by atoms with E-state index >= 15 is 0 Å². The van der Waals surface area contributed by atoms with Crippen LogP contribution in [0.15, 0.2) is 22.3 Å². The molecule has 0 heterocycles. The third-order valence-corrected chi connectivity index (χ3v) is 4.00. The molecule has 2 N–H and O–H groups in total. The molecule has 0 radical (unpaired) electrons. The molecule has 1 aliphatic carbocycles. The van der Waals surface area contributed by atoms with Gasteiger partial charge in [-0.3, -0.25) is 14.4 Å². The van der Waals surface area contributed by atoms with E-state index in [9.17, 15) is 19.5 Å². The molecule has 1 rings (SSSR count). The first-order valence-electron chi connectivity index (χ1n) is 7.10. The van der Waals surface area contributed by atoms with Gasteiger partial charge in [0.2, 0.25) is 0 Å². The van der Waals surface area contributed by atoms with Crippen LogP contribution in [-0.2, 0) is 14.4 Å². The Balaban J connectivity index is 2.91. The monoisotopic (exact) mass is 293 g/mol. The van der Waals surface area contributed by atoms with Crippen LogP contribution in [-0.4, -0.2) is 34.7 Å². The Morgan fingerprint density at radius 2 is 1.62 bits per heavy atom. The lowest BCUT2D eigenvalue weighted by molar-refractivity contribution is -0.138. The number of aliphatic hydroxyl groups is 1. The number of ketones is 2. The molecular weight excluding hydrogens is 270 g/mol. The second kappa shape index (κ2) is 6.35. The Hall–Kier alpha value is -1.75. The van der Waals surface area contributed by atoms with Gasteiger partial charge in [0.25, 0.3) is 5.91 Å². The van der Waals surface area contributed by atoms with E-state index in [2.05, 4.69) is 5.32 Å². The Kier molecular flexibility index (Phi) is 5.23. The zero-order chi connectivity index (χ0) is 16.4. The zero-order valence-electron chi connectivity index (χ0n) is 13.3. The van der Waals surface area contributed by atoms with E-state index in [-0.39, 0.29) is 24.4 Å². The summed E-state index contributed by atoms with van der Waals surface area (Å²) in [5, 5.41) is 12.7. The summed E-state index contributed by atoms with van der Waals surface area (Å²) >= 11 is 0. The van der Waals surface area contributed by atoms with Crippen LogP contribution in [0.5, 0.6) is 0 Å². The number of amides is 1. The number of likely N-dealkylation sites (N-methyl/N-ethyl adjacent to an activating group) is 1. The predicted octanol–water partition coefficient (Wildman–Crippen LogP) is 1.46. The SMILES string of the molecule is CCNC(=O)C(C)(O)CCC1=C(C)C(=O)C(C)=C(C)C1=O. The van der Waals surface area contributed by atoms with Crippen LogP contribution < -0.4 is 5.32 Å². The van der Waals surface area contributed by atoms with E-state index in [0.717, 1.165) is 0 Å². The zero-order valence-corrected chi connectivity index (χ0v) is 13.3. The van der Waals surface area contributed by atoms with Gasteiger partial charge in [-0.2, -0.15) is 0 Å². The van der Waals surface area contributed by atoms with Gasteiger partial charge in [0.1, 0.15) is 5.60 Å². The molecule has 5 nitrogen and oxygen atoms in total. The maximum absolute atomic E-state index is 12.3. The van der Waals surface area contributed by atoms with Crippen molar-refractivity contribution in [3.8, 4) is 0 Å². The van der Waals surface area contributed by atoms with Gasteiger partial charge in [0.15, 0.2) is 11.6 Å². The van der Waals surface area contributed by atoms with Crippen molar-refractivity contribution >= 4 is 17.5 Å². The number of hydrogen-bond donors (Lipinski definition) is 2. The van der Waals surface area contributed by atoms with E-state index in [1.807, 2.05) is 0 Å². The summed E-state index contributed by atoms with van der Waals surface area (Å²) in [5.41, 5.74) is 0.161. The fraction of sp³-hybridized carbons (Fsp3) is 0.562. The summed E-state index contributed by atoms with van der Waals surface area (Å²) in [6, 6.07) is 0. The number of carbonyl (C=O) groups excluding carboxylic acids is 3. The highest BCUT2D eigenvalue weighted by Crippen LogP contribution is 2.28. The van der Waals surface area contributed by atoms with Gasteiger partial charge >= 0.3 is 0 Å². The first kappa shape index (κ1) is 17.3. The van der Waals surface area contributed by atoms with Gasteiger partial charge in [-0.25, -0.2) is 0 Å². The fourth-order valence-electron chi connectivity index (χ4n) is 2.29. The van der Waals surface area contributed by atoms with Crippen molar-refractivity contribution in [2.45, 2.75) is 53.1 Å². The highest BCUT2D eigenvalue weighted by molar-refractivity contribution is 6.24. The summed E-state index contributed by atoms with van der Waals surface area (Å²) in [4.78, 5) is 36.0. The molecule has 0 spiro atoms. The van der Waals surface area contributed by atoms with Gasteiger partial charge in [-0.1, -0.05) is 0 Å². The number of rotatable bonds is 5. The summed E-state index contributed by atoms with van der Waals surface area (Å²) in [6.07, 6.45) is 0.294. The Morgan fingerprint density at radius 1 is 1.10 bits per heavy atom. The van der Waals surface area contributed by atoms with Crippen molar-refractivity contribution in [2.24, 2.45) is 0 Å². The normalized spacial score (nSPS) is 19.0. The molecule has 1 amide bonds. The lowest BCUT2D eigenvalue weighted by Crippen LogP contribution is -2.44. The minimum absolute atomic E-state index is 0.0941. The molecule has 0 aromatic carbocycles. The molecular formula is C16H23NO4. The van der Waals surface area contributed by atoms with Crippen LogP contribution in [0.25, 0.3) is 0 Å². The van der Waals surface area contributed by atoms with Gasteiger partial charge in [0.05, 0.1) is 0 Å². The number of Topliss-reactive ketones (excluding diaryl/α,β-unsaturated/α-hetero) is 2. The van der Waals surface area contributed by atoms with E-state index in [4.69, 9.17) is 0 Å². The van der Waals surface area contributed by atoms with Crippen molar-refractivity contribution in [2.75, 3.05) is 6.54 Å². The molecule has 21 heavy (non-hydrogen) atoms. The van der Waals surface area contributed by atoms with E-state index in [0.29, 0.717) is 28.8 Å². The molecule has 116 valence electrons. The number of hydrogen-bond acceptors (Lipinski definition) is 4. The standard InChI is InChI=1S/C16H23NO4/c1-6-17-15(20)16(5,21)8-7-12-11(4)13(18)9(2)10(3)14(12)19/h21H,6-8H2,1-5H3,(H,17,20). The molecule has 0 bridgehead atoms. The molecule has 5 heteroatoms. The minimum atomic E-state index is -1.56. The second-order valence-corrected chi connectivity index (χ2v) is 5.65. The lowest BCUT2D eigenvalue weighted by Gasteiger charge is -2.24. The van der Waals surface area contributed by atoms with E-state index in [1.54, 1.807) is 27.7 Å². The summed E-state index contributed by atoms with van der Waals surface area (Å²) < 4.78 is 0. The molecule has 1 atom stereocenters. The van der Waals surface area contributed by atoms with Gasteiger partial charge in [-0.05, 0) is 47.5 Å². The van der Waals surface area contributed by atoms with Crippen LogP contribution in [0, 0.1) is 0 Å². The minimum Gasteiger partial charge on any atom is -0.380 e. The summed E-state index contributed by atoms with van der Waals surface area (Å²) in [7, 11) is 0. The molecule has 0 aromatic rings. The molecule has 0 saturated carbocycles. The molecule has 0 aliphatic heterocycles. The number of allylic oxidation sites excluding steroid dienone is 4. The summed E-state index contributed by atoms with van der Waals surface area (Å²) in [5.74, 6) is -0.780. The van der Waals surface area contributed by atoms with Crippen LogP contribution in [0.2, 0.25) is 0 Å². The van der Waals surface area contributed by atoms with Crippen molar-refractivity contribution in [1.29, 1.82) is 0 Å². The van der Waals surface area contributed by atoms with Crippen molar-refractivity contribution in [3.63, 3.8) is 0 Å². The number of nitrogens with one attached hydrogen (secondary N) is 1. The maximum atomic E-state index is 12.3. The average Bonchev–Trinajstić information content (AvgIpc) is 2.43. The van der Waals surface area contributed by atoms with Crippen molar-refractivity contribution in [3.05, 3.63) is 22.3 Å². The van der Waals surface area contributed by atoms with E-state index in [1.165, 1.54) is 6.92 Å². The van der Waals surface area contributed by atoms with Gasteiger partial charge in [0, 0.05) is 28.8 Å². The van der Waals surface area contributed by atoms with Gasteiger partial charge < -0.3 is 10.4 Å². The molecule has 1 unspecified atom stereocenters. The Bertz CT molecular complexity index is 553. The van der Waals surface area contributed by atoms with Crippen LogP contribution in [0.3, 0.4) is 0 Å². The topological polar surface area (TPSA) is 83.5 Å². The van der Waals surface area contributed by atoms with Crippen LogP contribution >= 0.6 is 0 Å². The third kappa shape index (κ3) is 3.47. The quantitative estimate of drug-likeness (QED) is 0.752. The highest BCUT2D eigenvalue weighted by atomic mass is 16.3. The van der Waals surface area contributed by atoms with Crippen molar-refractivity contribution in [1.82, 2.24) is 5.32 Å². The van der Waals surface area contributed by atoms with Crippen LogP contribution in [0.1, 0.15) is 47.5 Å². The van der Waals surface area contributed by atoms with E-state index < -0.39 is 11.5 Å². The molecule has 0 saturated heterocycles.